The summed E-state index contributed by atoms with van der Waals surface area (Å²) in [6.07, 6.45) is 3.54. The van der Waals surface area contributed by atoms with Gasteiger partial charge in [-0.05, 0) is 37.1 Å². The van der Waals surface area contributed by atoms with E-state index in [0.29, 0.717) is 42.9 Å². The van der Waals surface area contributed by atoms with Crippen molar-refractivity contribution >= 4 is 16.9 Å². The summed E-state index contributed by atoms with van der Waals surface area (Å²) < 4.78 is 5.83. The summed E-state index contributed by atoms with van der Waals surface area (Å²) in [6.45, 7) is 6.20. The second-order valence-electron chi connectivity index (χ2n) is 10.1. The number of carbonyl (C=O) groups excluding carboxylic acids is 1. The van der Waals surface area contributed by atoms with Gasteiger partial charge in [-0.15, -0.1) is 0 Å². The van der Waals surface area contributed by atoms with Crippen LogP contribution in [0.4, 0.5) is 4.79 Å². The number of aromatic hydroxyl groups is 1. The van der Waals surface area contributed by atoms with Gasteiger partial charge in [0.15, 0.2) is 0 Å². The number of carbonyl (C=O) groups is 1. The third-order valence-electron chi connectivity index (χ3n) is 7.36. The number of urea groups is 1. The largest absolute Gasteiger partial charge is 0.493 e. The number of ether oxygens (including phenoxy) is 1. The first-order valence-corrected chi connectivity index (χ1v) is 12.7. The molecule has 6 rings (SSSR count). The molecule has 2 saturated heterocycles. The van der Waals surface area contributed by atoms with Crippen molar-refractivity contribution < 1.29 is 14.6 Å². The molecule has 2 aromatic carbocycles. The van der Waals surface area contributed by atoms with Gasteiger partial charge in [0.2, 0.25) is 5.88 Å². The second-order valence-corrected chi connectivity index (χ2v) is 10.1. The van der Waals surface area contributed by atoms with Gasteiger partial charge in [-0.2, -0.15) is 10.1 Å². The lowest BCUT2D eigenvalue weighted by Gasteiger charge is -2.37. The van der Waals surface area contributed by atoms with Gasteiger partial charge >= 0.3 is 6.03 Å². The van der Waals surface area contributed by atoms with E-state index in [1.165, 1.54) is 0 Å². The molecule has 2 amide bonds. The minimum atomic E-state index is -0.147. The second kappa shape index (κ2) is 9.48. The van der Waals surface area contributed by atoms with E-state index in [0.717, 1.165) is 16.7 Å². The lowest BCUT2D eigenvalue weighted by Crippen LogP contribution is -2.52. The number of fused-ring (bicyclic) bond motifs is 1. The predicted molar refractivity (Wildman–Crippen MR) is 139 cm³/mol. The summed E-state index contributed by atoms with van der Waals surface area (Å²) in [5.41, 5.74) is 3.64. The standard InChI is InChI=1S/C28H30N6O3/c1-17-13-33(14-18(2)37-17)28(36)34-15-23(19-6-4-3-5-7-19)24(16-34)26-31-25-9-8-20(21-11-29-30-12-21)10-22(25)27(35)32-26/h3-12,17-18,23-24H,13-16H2,1-2H3,(H,29,30)(H,31,32,35)/t17?,18?,23-,24+/m0/s1. The maximum Gasteiger partial charge on any atom is 0.320 e. The van der Waals surface area contributed by atoms with Crippen molar-refractivity contribution in [1.29, 1.82) is 0 Å². The van der Waals surface area contributed by atoms with Gasteiger partial charge in [0.1, 0.15) is 5.82 Å². The summed E-state index contributed by atoms with van der Waals surface area (Å²) >= 11 is 0. The SMILES string of the molecule is CC1CN(C(=O)N2C[C@@H](c3ccccc3)[C@H](c3nc(O)c4cc(-c5cn[nH]c5)ccc4n3)C2)CC(C)O1. The van der Waals surface area contributed by atoms with E-state index < -0.39 is 0 Å². The van der Waals surface area contributed by atoms with E-state index in [1.807, 2.05) is 60.0 Å². The van der Waals surface area contributed by atoms with Gasteiger partial charge < -0.3 is 19.6 Å². The minimum Gasteiger partial charge on any atom is -0.493 e. The zero-order chi connectivity index (χ0) is 25.5. The van der Waals surface area contributed by atoms with Crippen LogP contribution in [0.15, 0.2) is 60.9 Å². The highest BCUT2D eigenvalue weighted by Crippen LogP contribution is 2.40. The molecule has 9 nitrogen and oxygen atoms in total. The van der Waals surface area contributed by atoms with Gasteiger partial charge in [-0.3, -0.25) is 5.10 Å². The average molecular weight is 499 g/mol. The van der Waals surface area contributed by atoms with Crippen LogP contribution in [0.1, 0.15) is 37.1 Å². The third-order valence-corrected chi connectivity index (χ3v) is 7.36. The molecule has 2 N–H and O–H groups in total. The Morgan fingerprint density at radius 1 is 0.946 bits per heavy atom. The van der Waals surface area contributed by atoms with E-state index >= 15 is 0 Å². The molecule has 0 spiro atoms. The molecule has 2 aromatic heterocycles. The third kappa shape index (κ3) is 4.51. The fourth-order valence-electron chi connectivity index (χ4n) is 5.68. The van der Waals surface area contributed by atoms with E-state index in [2.05, 4.69) is 27.3 Å². The molecule has 37 heavy (non-hydrogen) atoms. The number of H-pyrrole nitrogens is 1. The highest BCUT2D eigenvalue weighted by Gasteiger charge is 2.41. The van der Waals surface area contributed by atoms with E-state index in [4.69, 9.17) is 9.72 Å². The van der Waals surface area contributed by atoms with Crippen LogP contribution in [0.5, 0.6) is 5.88 Å². The summed E-state index contributed by atoms with van der Waals surface area (Å²) in [7, 11) is 0. The van der Waals surface area contributed by atoms with Crippen LogP contribution in [-0.4, -0.2) is 79.5 Å². The quantitative estimate of drug-likeness (QED) is 0.440. The Morgan fingerprint density at radius 2 is 1.68 bits per heavy atom. The van der Waals surface area contributed by atoms with Crippen molar-refractivity contribution in [3.05, 3.63) is 72.3 Å². The monoisotopic (exact) mass is 498 g/mol. The number of hydrogen-bond acceptors (Lipinski definition) is 6. The summed E-state index contributed by atoms with van der Waals surface area (Å²) in [4.78, 5) is 26.8. The number of aromatic nitrogens is 4. The highest BCUT2D eigenvalue weighted by atomic mass is 16.5. The number of morpholine rings is 1. The van der Waals surface area contributed by atoms with Crippen molar-refractivity contribution in [2.24, 2.45) is 0 Å². The molecule has 4 atom stereocenters. The Kier molecular flexibility index (Phi) is 6.00. The molecule has 2 aliphatic heterocycles. The number of nitrogens with zero attached hydrogens (tertiary/aromatic N) is 5. The van der Waals surface area contributed by atoms with Crippen molar-refractivity contribution in [2.75, 3.05) is 26.2 Å². The minimum absolute atomic E-state index is 0.00345. The van der Waals surface area contributed by atoms with Crippen molar-refractivity contribution in [2.45, 2.75) is 37.9 Å². The zero-order valence-corrected chi connectivity index (χ0v) is 20.9. The van der Waals surface area contributed by atoms with Crippen LogP contribution in [0.2, 0.25) is 0 Å². The molecular weight excluding hydrogens is 468 g/mol. The maximum atomic E-state index is 13.6. The van der Waals surface area contributed by atoms with Crippen LogP contribution in [0, 0.1) is 0 Å². The molecule has 0 radical (unpaired) electrons. The molecule has 2 aliphatic rings. The Labute approximate surface area is 215 Å². The molecule has 4 heterocycles. The summed E-state index contributed by atoms with van der Waals surface area (Å²) in [6, 6.07) is 15.9. The van der Waals surface area contributed by atoms with Crippen LogP contribution in [0.25, 0.3) is 22.0 Å². The lowest BCUT2D eigenvalue weighted by atomic mass is 9.88. The average Bonchev–Trinajstić information content (AvgIpc) is 3.59. The van der Waals surface area contributed by atoms with Crippen LogP contribution >= 0.6 is 0 Å². The van der Waals surface area contributed by atoms with Crippen molar-refractivity contribution in [1.82, 2.24) is 30.0 Å². The number of hydrogen-bond donors (Lipinski definition) is 2. The lowest BCUT2D eigenvalue weighted by molar-refractivity contribution is -0.0577. The Morgan fingerprint density at radius 3 is 2.41 bits per heavy atom. The molecule has 2 unspecified atom stereocenters. The highest BCUT2D eigenvalue weighted by molar-refractivity contribution is 5.88. The van der Waals surface area contributed by atoms with E-state index in [-0.39, 0.29) is 36.0 Å². The Hall–Kier alpha value is -3.98. The molecule has 2 fully saturated rings. The molecule has 190 valence electrons. The summed E-state index contributed by atoms with van der Waals surface area (Å²) in [5.74, 6) is 0.362. The molecule has 4 aromatic rings. The molecule has 0 saturated carbocycles. The van der Waals surface area contributed by atoms with Crippen LogP contribution in [0.3, 0.4) is 0 Å². The first-order chi connectivity index (χ1) is 18.0. The van der Waals surface area contributed by atoms with E-state index in [9.17, 15) is 9.90 Å². The molecule has 0 bridgehead atoms. The number of likely N-dealkylation sites (tertiary alicyclic amines) is 1. The van der Waals surface area contributed by atoms with Gasteiger partial charge in [-0.1, -0.05) is 36.4 Å². The van der Waals surface area contributed by atoms with Gasteiger partial charge in [0.25, 0.3) is 0 Å². The van der Waals surface area contributed by atoms with Crippen LogP contribution in [-0.2, 0) is 4.74 Å². The van der Waals surface area contributed by atoms with Gasteiger partial charge in [0, 0.05) is 49.8 Å². The normalized spacial score (nSPS) is 24.1. The molecular formula is C28H30N6O3. The van der Waals surface area contributed by atoms with Gasteiger partial charge in [-0.25, -0.2) is 9.78 Å². The summed E-state index contributed by atoms with van der Waals surface area (Å²) in [5, 5.41) is 18.4. The Bertz CT molecular complexity index is 1400. The first-order valence-electron chi connectivity index (χ1n) is 12.7. The first kappa shape index (κ1) is 23.4. The number of aromatic amines is 1. The topological polar surface area (TPSA) is 107 Å². The molecule has 9 heteroatoms. The van der Waals surface area contributed by atoms with Crippen molar-refractivity contribution in [3.8, 4) is 17.0 Å². The fourth-order valence-corrected chi connectivity index (χ4v) is 5.68. The van der Waals surface area contributed by atoms with Crippen LogP contribution < -0.4 is 0 Å². The molecule has 0 aliphatic carbocycles. The Balaban J connectivity index is 1.34. The number of nitrogens with one attached hydrogen (secondary N) is 1. The van der Waals surface area contributed by atoms with E-state index in [1.54, 1.807) is 12.4 Å². The van der Waals surface area contributed by atoms with Gasteiger partial charge in [0.05, 0.1) is 29.3 Å². The number of benzene rings is 2. The predicted octanol–water partition coefficient (Wildman–Crippen LogP) is 4.14. The smallest absolute Gasteiger partial charge is 0.320 e. The fraction of sp³-hybridized carbons (Fsp3) is 0.357. The zero-order valence-electron chi connectivity index (χ0n) is 20.9. The van der Waals surface area contributed by atoms with Crippen molar-refractivity contribution in [3.63, 3.8) is 0 Å². The number of rotatable bonds is 3. The number of amides is 2. The maximum absolute atomic E-state index is 13.6.